The first-order valence-electron chi connectivity index (χ1n) is 6.68. The molecule has 110 valence electrons. The number of alkyl halides is 3. The highest BCUT2D eigenvalue weighted by atomic mass is 19.4. The van der Waals surface area contributed by atoms with Gasteiger partial charge in [0.2, 0.25) is 0 Å². The predicted molar refractivity (Wildman–Crippen MR) is 62.8 cm³/mol. The van der Waals surface area contributed by atoms with Crippen molar-refractivity contribution >= 4 is 6.09 Å². The van der Waals surface area contributed by atoms with Crippen molar-refractivity contribution < 1.29 is 22.7 Å². The highest BCUT2D eigenvalue weighted by molar-refractivity contribution is 5.68. The molecule has 0 spiro atoms. The zero-order valence-corrected chi connectivity index (χ0v) is 10.8. The second kappa shape index (κ2) is 5.98. The van der Waals surface area contributed by atoms with Gasteiger partial charge >= 0.3 is 12.3 Å². The van der Waals surface area contributed by atoms with Gasteiger partial charge in [0.1, 0.15) is 0 Å². The van der Waals surface area contributed by atoms with E-state index in [4.69, 9.17) is 0 Å². The monoisotopic (exact) mass is 280 g/mol. The molecule has 4 nitrogen and oxygen atoms in total. The van der Waals surface area contributed by atoms with Crippen molar-refractivity contribution in [3.05, 3.63) is 0 Å². The molecule has 0 saturated carbocycles. The van der Waals surface area contributed by atoms with Gasteiger partial charge in [0.15, 0.2) is 6.61 Å². The third kappa shape index (κ3) is 4.26. The summed E-state index contributed by atoms with van der Waals surface area (Å²) in [5.74, 6) is 0. The first-order valence-corrected chi connectivity index (χ1v) is 6.68. The number of rotatable bonds is 2. The molecule has 2 fully saturated rings. The summed E-state index contributed by atoms with van der Waals surface area (Å²) in [6.07, 6.45) is -0.926. The summed E-state index contributed by atoms with van der Waals surface area (Å²) < 4.78 is 40.2. The predicted octanol–water partition coefficient (Wildman–Crippen LogP) is 2.25. The molecular weight excluding hydrogens is 261 g/mol. The molecule has 2 rings (SSSR count). The van der Waals surface area contributed by atoms with E-state index in [-0.39, 0.29) is 6.04 Å². The summed E-state index contributed by atoms with van der Waals surface area (Å²) in [5.41, 5.74) is 0. The van der Waals surface area contributed by atoms with Crippen LogP contribution in [0.4, 0.5) is 18.0 Å². The lowest BCUT2D eigenvalue weighted by molar-refractivity contribution is -0.162. The lowest BCUT2D eigenvalue weighted by Gasteiger charge is -2.32. The van der Waals surface area contributed by atoms with Gasteiger partial charge in [-0.3, -0.25) is 4.90 Å². The summed E-state index contributed by atoms with van der Waals surface area (Å²) in [5, 5.41) is 0. The fourth-order valence-corrected chi connectivity index (χ4v) is 2.72. The number of likely N-dealkylation sites (tertiary alicyclic amines) is 2. The topological polar surface area (TPSA) is 32.8 Å². The fourth-order valence-electron chi connectivity index (χ4n) is 2.72. The first kappa shape index (κ1) is 14.4. The van der Waals surface area contributed by atoms with Crippen LogP contribution in [0.25, 0.3) is 0 Å². The van der Waals surface area contributed by atoms with Crippen LogP contribution < -0.4 is 0 Å². The van der Waals surface area contributed by atoms with E-state index in [1.165, 1.54) is 11.3 Å². The standard InChI is InChI=1S/C12H19F3N2O2/c13-12(14,15)9-19-11(18)17-7-4-10(8-17)16-5-2-1-3-6-16/h10H,1-9H2. The summed E-state index contributed by atoms with van der Waals surface area (Å²) in [4.78, 5) is 15.2. The van der Waals surface area contributed by atoms with Crippen LogP contribution in [0, 0.1) is 0 Å². The van der Waals surface area contributed by atoms with E-state index in [2.05, 4.69) is 9.64 Å². The molecule has 19 heavy (non-hydrogen) atoms. The Morgan fingerprint density at radius 2 is 1.84 bits per heavy atom. The maximum atomic E-state index is 12.0. The van der Waals surface area contributed by atoms with Gasteiger partial charge in [-0.05, 0) is 32.4 Å². The van der Waals surface area contributed by atoms with Gasteiger partial charge < -0.3 is 9.64 Å². The fraction of sp³-hybridized carbons (Fsp3) is 0.917. The third-order valence-electron chi connectivity index (χ3n) is 3.69. The van der Waals surface area contributed by atoms with Gasteiger partial charge in [-0.2, -0.15) is 13.2 Å². The zero-order chi connectivity index (χ0) is 13.9. The zero-order valence-electron chi connectivity index (χ0n) is 10.8. The van der Waals surface area contributed by atoms with Crippen molar-refractivity contribution in [2.24, 2.45) is 0 Å². The molecule has 0 N–H and O–H groups in total. The Kier molecular flexibility index (Phi) is 4.54. The van der Waals surface area contributed by atoms with E-state index in [0.717, 1.165) is 32.4 Å². The lowest BCUT2D eigenvalue weighted by atomic mass is 10.1. The van der Waals surface area contributed by atoms with Crippen LogP contribution >= 0.6 is 0 Å². The molecule has 0 aliphatic carbocycles. The van der Waals surface area contributed by atoms with E-state index in [1.807, 2.05) is 0 Å². The van der Waals surface area contributed by atoms with Gasteiger partial charge in [0, 0.05) is 19.1 Å². The van der Waals surface area contributed by atoms with Crippen molar-refractivity contribution in [2.75, 3.05) is 32.8 Å². The number of halogens is 3. The Morgan fingerprint density at radius 3 is 2.47 bits per heavy atom. The Hall–Kier alpha value is -0.980. The minimum atomic E-state index is -4.46. The number of nitrogens with zero attached hydrogens (tertiary/aromatic N) is 2. The molecule has 0 radical (unpaired) electrons. The molecule has 0 aromatic carbocycles. The van der Waals surface area contributed by atoms with Crippen molar-refractivity contribution in [3.8, 4) is 0 Å². The quantitative estimate of drug-likeness (QED) is 0.777. The number of piperidine rings is 1. The van der Waals surface area contributed by atoms with Crippen LogP contribution in [0.3, 0.4) is 0 Å². The van der Waals surface area contributed by atoms with Crippen LogP contribution in [-0.2, 0) is 4.74 Å². The molecule has 1 atom stereocenters. The Balaban J connectivity index is 1.76. The maximum absolute atomic E-state index is 12.0. The van der Waals surface area contributed by atoms with Gasteiger partial charge in [-0.25, -0.2) is 4.79 Å². The third-order valence-corrected chi connectivity index (χ3v) is 3.69. The van der Waals surface area contributed by atoms with Crippen molar-refractivity contribution in [1.29, 1.82) is 0 Å². The Morgan fingerprint density at radius 1 is 1.16 bits per heavy atom. The van der Waals surface area contributed by atoms with Crippen LogP contribution in [0.2, 0.25) is 0 Å². The number of hydrogen-bond donors (Lipinski definition) is 0. The van der Waals surface area contributed by atoms with E-state index in [9.17, 15) is 18.0 Å². The molecule has 2 aliphatic heterocycles. The SMILES string of the molecule is O=C(OCC(F)(F)F)N1CCC(N2CCCCC2)C1. The average molecular weight is 280 g/mol. The van der Waals surface area contributed by atoms with Crippen LogP contribution in [0.15, 0.2) is 0 Å². The number of amides is 1. The maximum Gasteiger partial charge on any atom is 0.422 e. The normalized spacial score (nSPS) is 25.6. The van der Waals surface area contributed by atoms with Gasteiger partial charge in [-0.1, -0.05) is 6.42 Å². The van der Waals surface area contributed by atoms with Gasteiger partial charge in [0.05, 0.1) is 0 Å². The minimum absolute atomic E-state index is 0.277. The number of carbonyl (C=O) groups excluding carboxylic acids is 1. The molecular formula is C12H19F3N2O2. The second-order valence-corrected chi connectivity index (χ2v) is 5.15. The van der Waals surface area contributed by atoms with Crippen LogP contribution in [0.5, 0.6) is 0 Å². The molecule has 2 aliphatic rings. The van der Waals surface area contributed by atoms with Crippen LogP contribution in [-0.4, -0.2) is 60.9 Å². The second-order valence-electron chi connectivity index (χ2n) is 5.15. The summed E-state index contributed by atoms with van der Waals surface area (Å²) in [6.45, 7) is 1.51. The molecule has 2 heterocycles. The molecule has 0 bridgehead atoms. The molecule has 2 saturated heterocycles. The van der Waals surface area contributed by atoms with Crippen molar-refractivity contribution in [3.63, 3.8) is 0 Å². The Labute approximate surface area is 110 Å². The van der Waals surface area contributed by atoms with Crippen molar-refractivity contribution in [2.45, 2.75) is 37.9 Å². The van der Waals surface area contributed by atoms with Gasteiger partial charge in [-0.15, -0.1) is 0 Å². The van der Waals surface area contributed by atoms with E-state index in [0.29, 0.717) is 13.1 Å². The highest BCUT2D eigenvalue weighted by Crippen LogP contribution is 2.21. The number of carbonyl (C=O) groups is 1. The summed E-state index contributed by atoms with van der Waals surface area (Å²) >= 11 is 0. The van der Waals surface area contributed by atoms with E-state index in [1.54, 1.807) is 0 Å². The lowest BCUT2D eigenvalue weighted by Crippen LogP contribution is -2.42. The molecule has 0 aromatic heterocycles. The number of hydrogen-bond acceptors (Lipinski definition) is 3. The summed E-state index contributed by atoms with van der Waals surface area (Å²) in [6, 6.07) is 0.277. The smallest absolute Gasteiger partial charge is 0.422 e. The number of ether oxygens (including phenoxy) is 1. The van der Waals surface area contributed by atoms with Crippen molar-refractivity contribution in [1.82, 2.24) is 9.80 Å². The average Bonchev–Trinajstić information content (AvgIpc) is 2.86. The van der Waals surface area contributed by atoms with E-state index >= 15 is 0 Å². The highest BCUT2D eigenvalue weighted by Gasteiger charge is 2.34. The molecule has 1 unspecified atom stereocenters. The Bertz CT molecular complexity index is 317. The minimum Gasteiger partial charge on any atom is -0.440 e. The first-order chi connectivity index (χ1) is 8.96. The summed E-state index contributed by atoms with van der Waals surface area (Å²) in [7, 11) is 0. The molecule has 1 amide bonds. The van der Waals surface area contributed by atoms with Crippen LogP contribution in [0.1, 0.15) is 25.7 Å². The van der Waals surface area contributed by atoms with Gasteiger partial charge in [0.25, 0.3) is 0 Å². The van der Waals surface area contributed by atoms with E-state index < -0.39 is 18.9 Å². The molecule has 0 aromatic rings. The molecule has 7 heteroatoms. The largest absolute Gasteiger partial charge is 0.440 e.